The lowest BCUT2D eigenvalue weighted by atomic mass is 10.2. The smallest absolute Gasteiger partial charge is 0.413 e. The molecule has 7 heteroatoms. The van der Waals surface area contributed by atoms with E-state index in [4.69, 9.17) is 14.2 Å². The molecule has 1 aliphatic rings. The van der Waals surface area contributed by atoms with Crippen molar-refractivity contribution in [3.05, 3.63) is 0 Å². The summed E-state index contributed by atoms with van der Waals surface area (Å²) in [6, 6.07) is -0.862. The maximum atomic E-state index is 12.2. The van der Waals surface area contributed by atoms with E-state index in [0.717, 1.165) is 0 Å². The molecule has 0 aromatic carbocycles. The fourth-order valence-corrected chi connectivity index (χ4v) is 1.70. The van der Waals surface area contributed by atoms with Crippen LogP contribution in [0.4, 0.5) is 4.79 Å². The Kier molecular flexibility index (Phi) is 5.13. The molecule has 0 aromatic rings. The Morgan fingerprint density at radius 3 is 2.32 bits per heavy atom. The van der Waals surface area contributed by atoms with Crippen molar-refractivity contribution in [2.24, 2.45) is 0 Å². The molecule has 1 rings (SSSR count). The maximum Gasteiger partial charge on any atom is 0.413 e. The zero-order valence-electron chi connectivity index (χ0n) is 12.0. The van der Waals surface area contributed by atoms with Gasteiger partial charge in [-0.1, -0.05) is 0 Å². The Hall–Kier alpha value is -1.34. The van der Waals surface area contributed by atoms with Crippen LogP contribution in [0.15, 0.2) is 0 Å². The van der Waals surface area contributed by atoms with Crippen molar-refractivity contribution < 1.29 is 28.5 Å². The molecule has 2 atom stereocenters. The van der Waals surface area contributed by atoms with E-state index in [0.29, 0.717) is 0 Å². The van der Waals surface area contributed by atoms with Gasteiger partial charge in [-0.3, -0.25) is 4.90 Å². The number of rotatable bonds is 2. The van der Waals surface area contributed by atoms with Crippen molar-refractivity contribution in [2.75, 3.05) is 27.4 Å². The Morgan fingerprint density at radius 1 is 1.21 bits per heavy atom. The molecule has 1 amide bonds. The van der Waals surface area contributed by atoms with Gasteiger partial charge in [-0.25, -0.2) is 9.59 Å². The number of esters is 1. The van der Waals surface area contributed by atoms with Crippen LogP contribution in [-0.2, 0) is 23.7 Å². The Bertz CT molecular complexity index is 338. The van der Waals surface area contributed by atoms with E-state index >= 15 is 0 Å². The quantitative estimate of drug-likeness (QED) is 0.693. The zero-order chi connectivity index (χ0) is 14.6. The van der Waals surface area contributed by atoms with Crippen LogP contribution in [0.2, 0.25) is 0 Å². The molecule has 0 bridgehead atoms. The normalized spacial score (nSPS) is 23.9. The second-order valence-corrected chi connectivity index (χ2v) is 5.15. The van der Waals surface area contributed by atoms with Gasteiger partial charge < -0.3 is 18.9 Å². The summed E-state index contributed by atoms with van der Waals surface area (Å²) in [6.07, 6.45) is -1.30. The molecular formula is C12H21NO6. The van der Waals surface area contributed by atoms with Crippen LogP contribution in [0.25, 0.3) is 0 Å². The van der Waals surface area contributed by atoms with Gasteiger partial charge in [-0.2, -0.15) is 0 Å². The van der Waals surface area contributed by atoms with Gasteiger partial charge in [0.25, 0.3) is 0 Å². The summed E-state index contributed by atoms with van der Waals surface area (Å²) in [5, 5.41) is 0. The first-order valence-corrected chi connectivity index (χ1v) is 6.00. The third-order valence-electron chi connectivity index (χ3n) is 2.53. The molecule has 1 saturated heterocycles. The molecule has 0 spiro atoms. The summed E-state index contributed by atoms with van der Waals surface area (Å²) in [4.78, 5) is 25.1. The third kappa shape index (κ3) is 4.07. The highest BCUT2D eigenvalue weighted by Crippen LogP contribution is 2.19. The molecule has 19 heavy (non-hydrogen) atoms. The van der Waals surface area contributed by atoms with Crippen LogP contribution in [0.5, 0.6) is 0 Å². The lowest BCUT2D eigenvalue weighted by Gasteiger charge is -2.39. The molecule has 7 nitrogen and oxygen atoms in total. The summed E-state index contributed by atoms with van der Waals surface area (Å²) in [7, 11) is 2.69. The van der Waals surface area contributed by atoms with E-state index in [-0.39, 0.29) is 13.2 Å². The minimum atomic E-state index is -0.862. The number of ether oxygens (including phenoxy) is 4. The van der Waals surface area contributed by atoms with Crippen LogP contribution < -0.4 is 0 Å². The minimum absolute atomic E-state index is 0.0613. The van der Waals surface area contributed by atoms with Crippen LogP contribution in [0.3, 0.4) is 0 Å². The van der Waals surface area contributed by atoms with Gasteiger partial charge >= 0.3 is 12.1 Å². The molecule has 110 valence electrons. The molecule has 1 aliphatic heterocycles. The fourth-order valence-electron chi connectivity index (χ4n) is 1.70. The topological polar surface area (TPSA) is 74.3 Å². The molecule has 0 N–H and O–H groups in total. The molecule has 0 aromatic heterocycles. The first-order chi connectivity index (χ1) is 8.80. The van der Waals surface area contributed by atoms with Crippen molar-refractivity contribution in [1.29, 1.82) is 0 Å². The summed E-state index contributed by atoms with van der Waals surface area (Å²) < 4.78 is 20.3. The van der Waals surface area contributed by atoms with Gasteiger partial charge in [0.1, 0.15) is 5.60 Å². The van der Waals surface area contributed by atoms with Crippen molar-refractivity contribution in [1.82, 2.24) is 4.90 Å². The molecule has 0 saturated carbocycles. The van der Waals surface area contributed by atoms with Gasteiger partial charge in [0.15, 0.2) is 12.3 Å². The summed E-state index contributed by atoms with van der Waals surface area (Å²) in [5.74, 6) is -0.562. The number of nitrogens with zero attached hydrogens (tertiary/aromatic N) is 1. The first kappa shape index (κ1) is 15.7. The highest BCUT2D eigenvalue weighted by atomic mass is 16.6. The predicted molar refractivity (Wildman–Crippen MR) is 65.5 cm³/mol. The molecule has 1 heterocycles. The average molecular weight is 275 g/mol. The van der Waals surface area contributed by atoms with Crippen molar-refractivity contribution in [2.45, 2.75) is 38.6 Å². The van der Waals surface area contributed by atoms with Crippen LogP contribution >= 0.6 is 0 Å². The highest BCUT2D eigenvalue weighted by Gasteiger charge is 2.42. The number of morpholine rings is 1. The van der Waals surface area contributed by atoms with Crippen LogP contribution in [0, 0.1) is 0 Å². The standard InChI is InChI=1S/C12H21NO6/c1-12(2,3)19-11(15)13-8(10(14)17-5)6-18-7-9(13)16-4/h8-9H,6-7H2,1-5H3/t8-,9?/m1/s1. The van der Waals surface area contributed by atoms with Gasteiger partial charge in [0.2, 0.25) is 0 Å². The first-order valence-electron chi connectivity index (χ1n) is 6.00. The SMILES string of the molecule is COC(=O)[C@H]1COCC(OC)N1C(=O)OC(C)(C)C. The second kappa shape index (κ2) is 6.21. The molecule has 1 unspecified atom stereocenters. The lowest BCUT2D eigenvalue weighted by molar-refractivity contribution is -0.175. The van der Waals surface area contributed by atoms with Gasteiger partial charge in [-0.15, -0.1) is 0 Å². The van der Waals surface area contributed by atoms with Gasteiger partial charge in [-0.05, 0) is 20.8 Å². The van der Waals surface area contributed by atoms with E-state index in [1.54, 1.807) is 20.8 Å². The van der Waals surface area contributed by atoms with Crippen LogP contribution in [0.1, 0.15) is 20.8 Å². The van der Waals surface area contributed by atoms with E-state index < -0.39 is 29.9 Å². The van der Waals surface area contributed by atoms with Gasteiger partial charge in [0.05, 0.1) is 20.3 Å². The fraction of sp³-hybridized carbons (Fsp3) is 0.833. The van der Waals surface area contributed by atoms with Crippen molar-refractivity contribution >= 4 is 12.1 Å². The number of hydrogen-bond acceptors (Lipinski definition) is 6. The largest absolute Gasteiger partial charge is 0.467 e. The number of amides is 1. The van der Waals surface area contributed by atoms with Gasteiger partial charge in [0, 0.05) is 7.11 Å². The third-order valence-corrected chi connectivity index (χ3v) is 2.53. The number of hydrogen-bond donors (Lipinski definition) is 0. The molecule has 0 radical (unpaired) electrons. The van der Waals surface area contributed by atoms with E-state index in [1.165, 1.54) is 19.1 Å². The molecular weight excluding hydrogens is 254 g/mol. The predicted octanol–water partition coefficient (Wildman–Crippen LogP) is 0.768. The lowest BCUT2D eigenvalue weighted by Crippen LogP contribution is -2.59. The Labute approximate surface area is 112 Å². The zero-order valence-corrected chi connectivity index (χ0v) is 12.0. The highest BCUT2D eigenvalue weighted by molar-refractivity contribution is 5.82. The minimum Gasteiger partial charge on any atom is -0.467 e. The van der Waals surface area contributed by atoms with E-state index in [1.807, 2.05) is 0 Å². The summed E-state index contributed by atoms with van der Waals surface area (Å²) in [6.45, 7) is 5.50. The second-order valence-electron chi connectivity index (χ2n) is 5.15. The van der Waals surface area contributed by atoms with Crippen molar-refractivity contribution in [3.8, 4) is 0 Å². The van der Waals surface area contributed by atoms with E-state index in [9.17, 15) is 9.59 Å². The van der Waals surface area contributed by atoms with Crippen LogP contribution in [-0.4, -0.2) is 62.3 Å². The Balaban J connectivity index is 2.91. The molecule has 1 fully saturated rings. The molecule has 0 aliphatic carbocycles. The van der Waals surface area contributed by atoms with Crippen molar-refractivity contribution in [3.63, 3.8) is 0 Å². The Morgan fingerprint density at radius 2 is 1.84 bits per heavy atom. The summed E-state index contributed by atoms with van der Waals surface area (Å²) >= 11 is 0. The number of methoxy groups -OCH3 is 2. The number of carbonyl (C=O) groups excluding carboxylic acids is 2. The average Bonchev–Trinajstić information content (AvgIpc) is 2.34. The maximum absolute atomic E-state index is 12.2. The summed E-state index contributed by atoms with van der Waals surface area (Å²) in [5.41, 5.74) is -0.658. The monoisotopic (exact) mass is 275 g/mol. The van der Waals surface area contributed by atoms with E-state index in [2.05, 4.69) is 4.74 Å². The number of carbonyl (C=O) groups is 2.